The first-order chi connectivity index (χ1) is 8.18. The highest BCUT2D eigenvalue weighted by molar-refractivity contribution is 5.79. The van der Waals surface area contributed by atoms with E-state index in [-0.39, 0.29) is 18.1 Å². The third-order valence-electron chi connectivity index (χ3n) is 3.23. The van der Waals surface area contributed by atoms with Crippen LogP contribution in [0.2, 0.25) is 0 Å². The molecular formula is C13H18N2O2. The van der Waals surface area contributed by atoms with Crippen LogP contribution in [-0.2, 0) is 9.53 Å². The molecule has 1 fully saturated rings. The van der Waals surface area contributed by atoms with Gasteiger partial charge in [-0.25, -0.2) is 0 Å². The number of rotatable bonds is 3. The Labute approximate surface area is 101 Å². The smallest absolute Gasteiger partial charge is 0.234 e. The number of ether oxygens (including phenoxy) is 1. The first-order valence-corrected chi connectivity index (χ1v) is 5.88. The Balaban J connectivity index is 2.05. The molecule has 0 spiro atoms. The van der Waals surface area contributed by atoms with E-state index >= 15 is 0 Å². The summed E-state index contributed by atoms with van der Waals surface area (Å²) in [5.41, 5.74) is 6.48. The topological polar surface area (TPSA) is 55.6 Å². The largest absolute Gasteiger partial charge is 0.371 e. The van der Waals surface area contributed by atoms with E-state index in [1.165, 1.54) is 0 Å². The minimum Gasteiger partial charge on any atom is -0.371 e. The van der Waals surface area contributed by atoms with Gasteiger partial charge in [0.15, 0.2) is 0 Å². The van der Waals surface area contributed by atoms with E-state index in [2.05, 4.69) is 4.90 Å². The molecule has 0 saturated carbocycles. The number of nitrogens with zero attached hydrogens (tertiary/aromatic N) is 1. The molecule has 1 amide bonds. The van der Waals surface area contributed by atoms with Crippen LogP contribution in [0, 0.1) is 0 Å². The summed E-state index contributed by atoms with van der Waals surface area (Å²) in [7, 11) is 0. The van der Waals surface area contributed by atoms with Crippen molar-refractivity contribution in [2.45, 2.75) is 19.1 Å². The Bertz CT molecular complexity index is 380. The van der Waals surface area contributed by atoms with E-state index < -0.39 is 0 Å². The molecule has 1 saturated heterocycles. The first kappa shape index (κ1) is 12.1. The number of carbonyl (C=O) groups excluding carboxylic acids is 1. The Morgan fingerprint density at radius 2 is 2.18 bits per heavy atom. The third kappa shape index (κ3) is 2.84. The van der Waals surface area contributed by atoms with Crippen LogP contribution in [-0.4, -0.2) is 36.5 Å². The Kier molecular flexibility index (Phi) is 3.76. The number of morpholine rings is 1. The standard InChI is InChI=1S/C13H18N2O2/c1-10(13(14)16)15-7-8-17-12(9-15)11-5-3-2-4-6-11/h2-6,10,12H,7-9H2,1H3,(H2,14,16)/t10-,12-/m1/s1. The van der Waals surface area contributed by atoms with E-state index in [0.717, 1.165) is 12.1 Å². The molecule has 0 aliphatic carbocycles. The lowest BCUT2D eigenvalue weighted by Gasteiger charge is -2.35. The van der Waals surface area contributed by atoms with E-state index in [0.29, 0.717) is 13.2 Å². The van der Waals surface area contributed by atoms with Crippen LogP contribution in [0.3, 0.4) is 0 Å². The van der Waals surface area contributed by atoms with E-state index in [1.807, 2.05) is 37.3 Å². The van der Waals surface area contributed by atoms with Crippen LogP contribution in [0.4, 0.5) is 0 Å². The molecule has 4 nitrogen and oxygen atoms in total. The zero-order valence-corrected chi connectivity index (χ0v) is 10.0. The zero-order chi connectivity index (χ0) is 12.3. The fraction of sp³-hybridized carbons (Fsp3) is 0.462. The molecule has 0 radical (unpaired) electrons. The second-order valence-electron chi connectivity index (χ2n) is 4.34. The summed E-state index contributed by atoms with van der Waals surface area (Å²) in [4.78, 5) is 13.3. The predicted molar refractivity (Wildman–Crippen MR) is 65.4 cm³/mol. The monoisotopic (exact) mass is 234 g/mol. The van der Waals surface area contributed by atoms with Crippen molar-refractivity contribution < 1.29 is 9.53 Å². The van der Waals surface area contributed by atoms with Crippen LogP contribution >= 0.6 is 0 Å². The van der Waals surface area contributed by atoms with E-state index in [4.69, 9.17) is 10.5 Å². The average Bonchev–Trinajstić information content (AvgIpc) is 2.39. The summed E-state index contributed by atoms with van der Waals surface area (Å²) in [5, 5.41) is 0. The van der Waals surface area contributed by atoms with Gasteiger partial charge in [0.1, 0.15) is 0 Å². The van der Waals surface area contributed by atoms with Crippen LogP contribution in [0.15, 0.2) is 30.3 Å². The van der Waals surface area contributed by atoms with Crippen molar-refractivity contribution in [2.24, 2.45) is 5.73 Å². The summed E-state index contributed by atoms with van der Waals surface area (Å²) in [6, 6.07) is 9.83. The lowest BCUT2D eigenvalue weighted by Crippen LogP contribution is -2.48. The molecule has 17 heavy (non-hydrogen) atoms. The normalized spacial score (nSPS) is 23.2. The summed E-state index contributed by atoms with van der Waals surface area (Å²) < 4.78 is 5.73. The van der Waals surface area contributed by atoms with Crippen LogP contribution in [0.5, 0.6) is 0 Å². The summed E-state index contributed by atoms with van der Waals surface area (Å²) in [5.74, 6) is -0.279. The maximum atomic E-state index is 11.2. The molecule has 0 aromatic heterocycles. The molecule has 1 aromatic rings. The summed E-state index contributed by atoms with van der Waals surface area (Å²) in [6.45, 7) is 3.95. The predicted octanol–water partition coefficient (Wildman–Crippen LogP) is 0.934. The molecule has 0 bridgehead atoms. The van der Waals surface area contributed by atoms with Crippen molar-refractivity contribution in [3.05, 3.63) is 35.9 Å². The molecule has 2 rings (SSSR count). The molecule has 0 unspecified atom stereocenters. The highest BCUT2D eigenvalue weighted by atomic mass is 16.5. The minimum absolute atomic E-state index is 0.0340. The quantitative estimate of drug-likeness (QED) is 0.846. The number of nitrogens with two attached hydrogens (primary N) is 1. The third-order valence-corrected chi connectivity index (χ3v) is 3.23. The van der Waals surface area contributed by atoms with Gasteiger partial charge in [0, 0.05) is 13.1 Å². The molecule has 4 heteroatoms. The number of benzene rings is 1. The van der Waals surface area contributed by atoms with Crippen LogP contribution < -0.4 is 5.73 Å². The minimum atomic E-state index is -0.279. The van der Waals surface area contributed by atoms with Gasteiger partial charge in [0.25, 0.3) is 0 Å². The second-order valence-corrected chi connectivity index (χ2v) is 4.34. The van der Waals surface area contributed by atoms with Gasteiger partial charge < -0.3 is 10.5 Å². The lowest BCUT2D eigenvalue weighted by molar-refractivity contribution is -0.126. The van der Waals surface area contributed by atoms with Crippen molar-refractivity contribution in [3.8, 4) is 0 Å². The molecule has 2 atom stereocenters. The van der Waals surface area contributed by atoms with Crippen molar-refractivity contribution >= 4 is 5.91 Å². The Hall–Kier alpha value is -1.39. The fourth-order valence-corrected chi connectivity index (χ4v) is 2.07. The molecule has 92 valence electrons. The van der Waals surface area contributed by atoms with Crippen molar-refractivity contribution in [1.82, 2.24) is 4.90 Å². The Morgan fingerprint density at radius 3 is 2.82 bits per heavy atom. The van der Waals surface area contributed by atoms with Gasteiger partial charge in [0.2, 0.25) is 5.91 Å². The molecule has 1 aromatic carbocycles. The van der Waals surface area contributed by atoms with Gasteiger partial charge >= 0.3 is 0 Å². The molecule has 1 aliphatic heterocycles. The second kappa shape index (κ2) is 5.29. The summed E-state index contributed by atoms with van der Waals surface area (Å²) >= 11 is 0. The van der Waals surface area contributed by atoms with Crippen molar-refractivity contribution in [1.29, 1.82) is 0 Å². The number of amides is 1. The van der Waals surface area contributed by atoms with E-state index in [9.17, 15) is 4.79 Å². The number of carbonyl (C=O) groups is 1. The van der Waals surface area contributed by atoms with E-state index in [1.54, 1.807) is 0 Å². The lowest BCUT2D eigenvalue weighted by atomic mass is 10.1. The number of hydrogen-bond acceptors (Lipinski definition) is 3. The van der Waals surface area contributed by atoms with Crippen molar-refractivity contribution in [2.75, 3.05) is 19.7 Å². The number of primary amides is 1. The maximum Gasteiger partial charge on any atom is 0.234 e. The van der Waals surface area contributed by atoms with Gasteiger partial charge in [-0.15, -0.1) is 0 Å². The fourth-order valence-electron chi connectivity index (χ4n) is 2.07. The van der Waals surface area contributed by atoms with Gasteiger partial charge in [-0.2, -0.15) is 0 Å². The van der Waals surface area contributed by atoms with Crippen LogP contribution in [0.1, 0.15) is 18.6 Å². The highest BCUT2D eigenvalue weighted by Gasteiger charge is 2.27. The SMILES string of the molecule is C[C@H](C(N)=O)N1CCO[C@@H](c2ccccc2)C1. The van der Waals surface area contributed by atoms with Gasteiger partial charge in [-0.05, 0) is 12.5 Å². The average molecular weight is 234 g/mol. The van der Waals surface area contributed by atoms with Crippen molar-refractivity contribution in [3.63, 3.8) is 0 Å². The summed E-state index contributed by atoms with van der Waals surface area (Å²) in [6.07, 6.45) is 0.0340. The molecule has 1 aliphatic rings. The molecular weight excluding hydrogens is 216 g/mol. The Morgan fingerprint density at radius 1 is 1.47 bits per heavy atom. The van der Waals surface area contributed by atoms with Gasteiger partial charge in [0.05, 0.1) is 18.8 Å². The van der Waals surface area contributed by atoms with Gasteiger partial charge in [-0.1, -0.05) is 30.3 Å². The van der Waals surface area contributed by atoms with Crippen LogP contribution in [0.25, 0.3) is 0 Å². The zero-order valence-electron chi connectivity index (χ0n) is 10.0. The number of hydrogen-bond donors (Lipinski definition) is 1. The maximum absolute atomic E-state index is 11.2. The molecule has 2 N–H and O–H groups in total. The molecule has 1 heterocycles. The highest BCUT2D eigenvalue weighted by Crippen LogP contribution is 2.22. The van der Waals surface area contributed by atoms with Gasteiger partial charge in [-0.3, -0.25) is 9.69 Å². The first-order valence-electron chi connectivity index (χ1n) is 5.88.